The average molecular weight is 362 g/mol. The van der Waals surface area contributed by atoms with Crippen molar-refractivity contribution in [2.45, 2.75) is 33.1 Å². The number of halogens is 1. The molecule has 0 saturated carbocycles. The van der Waals surface area contributed by atoms with E-state index in [0.29, 0.717) is 23.6 Å². The van der Waals surface area contributed by atoms with E-state index in [1.807, 2.05) is 13.8 Å². The fraction of sp³-hybridized carbons (Fsp3) is 0.421. The minimum absolute atomic E-state index is 0.0956. The molecule has 2 rings (SSSR count). The lowest BCUT2D eigenvalue weighted by Crippen LogP contribution is -2.33. The van der Waals surface area contributed by atoms with Gasteiger partial charge in [0.15, 0.2) is 11.7 Å². The van der Waals surface area contributed by atoms with Crippen LogP contribution in [0.1, 0.15) is 32.6 Å². The van der Waals surface area contributed by atoms with E-state index in [1.54, 1.807) is 18.2 Å². The molecule has 0 bridgehead atoms. The maximum absolute atomic E-state index is 13.7. The van der Waals surface area contributed by atoms with Crippen molar-refractivity contribution in [1.82, 2.24) is 10.3 Å². The van der Waals surface area contributed by atoms with E-state index in [-0.39, 0.29) is 31.2 Å². The molecule has 7 heteroatoms. The summed E-state index contributed by atoms with van der Waals surface area (Å²) in [6, 6.07) is 6.21. The number of nitrogens with one attached hydrogen (secondary N) is 1. The highest BCUT2D eigenvalue weighted by Crippen LogP contribution is 2.23. The topological polar surface area (TPSA) is 92.4 Å². The Morgan fingerprint density at radius 2 is 2.04 bits per heavy atom. The molecule has 1 heterocycles. The Kier molecular flexibility index (Phi) is 6.89. The zero-order valence-electron chi connectivity index (χ0n) is 14.9. The minimum Gasteiger partial charge on any atom is -0.481 e. The van der Waals surface area contributed by atoms with Crippen molar-refractivity contribution in [3.05, 3.63) is 42.2 Å². The van der Waals surface area contributed by atoms with E-state index < -0.39 is 17.7 Å². The Balaban J connectivity index is 1.84. The van der Waals surface area contributed by atoms with Gasteiger partial charge in [0.25, 0.3) is 0 Å². The van der Waals surface area contributed by atoms with Gasteiger partial charge in [0.05, 0.1) is 17.7 Å². The molecular formula is C19H23FN2O4. The van der Waals surface area contributed by atoms with Crippen LogP contribution in [0.2, 0.25) is 0 Å². The van der Waals surface area contributed by atoms with E-state index in [2.05, 4.69) is 10.3 Å². The van der Waals surface area contributed by atoms with Gasteiger partial charge in [0.2, 0.25) is 5.91 Å². The standard InChI is InChI=1S/C19H23FN2O4/c1-12(2)9-13(19(24)25)10-21-17(23)7-8-18-22-11-16(26-18)14-5-3-4-6-15(14)20/h3-6,11-13H,7-10H2,1-2H3,(H,21,23)(H,24,25). The summed E-state index contributed by atoms with van der Waals surface area (Å²) in [5, 5.41) is 11.8. The van der Waals surface area contributed by atoms with Crippen LogP contribution in [0.4, 0.5) is 4.39 Å². The Bertz CT molecular complexity index is 758. The molecule has 0 fully saturated rings. The molecule has 1 unspecified atom stereocenters. The van der Waals surface area contributed by atoms with Gasteiger partial charge in [0, 0.05) is 19.4 Å². The molecule has 0 spiro atoms. The van der Waals surface area contributed by atoms with Crippen LogP contribution in [0, 0.1) is 17.7 Å². The molecule has 1 aromatic carbocycles. The minimum atomic E-state index is -0.916. The van der Waals surface area contributed by atoms with Crippen molar-refractivity contribution in [2.24, 2.45) is 11.8 Å². The summed E-state index contributed by atoms with van der Waals surface area (Å²) in [7, 11) is 0. The number of hydrogen-bond donors (Lipinski definition) is 2. The lowest BCUT2D eigenvalue weighted by Gasteiger charge is -2.15. The normalized spacial score (nSPS) is 12.2. The van der Waals surface area contributed by atoms with Crippen LogP contribution >= 0.6 is 0 Å². The number of amides is 1. The number of aromatic nitrogens is 1. The first-order valence-electron chi connectivity index (χ1n) is 8.56. The third-order valence-corrected chi connectivity index (χ3v) is 3.91. The Labute approximate surface area is 151 Å². The van der Waals surface area contributed by atoms with Gasteiger partial charge in [-0.2, -0.15) is 0 Å². The molecule has 0 radical (unpaired) electrons. The molecule has 1 atom stereocenters. The average Bonchev–Trinajstić information content (AvgIpc) is 3.05. The number of carboxylic acids is 1. The lowest BCUT2D eigenvalue weighted by atomic mass is 9.97. The number of aliphatic carboxylic acids is 1. The number of oxazole rings is 1. The molecule has 2 N–H and O–H groups in total. The summed E-state index contributed by atoms with van der Waals surface area (Å²) in [4.78, 5) is 27.2. The van der Waals surface area contributed by atoms with Gasteiger partial charge in [-0.1, -0.05) is 26.0 Å². The highest BCUT2D eigenvalue weighted by molar-refractivity contribution is 5.77. The van der Waals surface area contributed by atoms with Crippen LogP contribution in [0.15, 0.2) is 34.9 Å². The fourth-order valence-corrected chi connectivity index (χ4v) is 2.60. The van der Waals surface area contributed by atoms with Crippen molar-refractivity contribution in [3.63, 3.8) is 0 Å². The smallest absolute Gasteiger partial charge is 0.308 e. The predicted molar refractivity (Wildman–Crippen MR) is 93.8 cm³/mol. The number of carboxylic acid groups (broad SMARTS) is 1. The number of hydrogen-bond acceptors (Lipinski definition) is 4. The summed E-state index contributed by atoms with van der Waals surface area (Å²) < 4.78 is 19.2. The second-order valence-electron chi connectivity index (χ2n) is 6.57. The quantitative estimate of drug-likeness (QED) is 0.714. The van der Waals surface area contributed by atoms with Gasteiger partial charge in [-0.25, -0.2) is 9.37 Å². The molecule has 0 aliphatic heterocycles. The number of carbonyl (C=O) groups is 2. The van der Waals surface area contributed by atoms with Crippen molar-refractivity contribution in [1.29, 1.82) is 0 Å². The van der Waals surface area contributed by atoms with Crippen LogP contribution in [-0.2, 0) is 16.0 Å². The summed E-state index contributed by atoms with van der Waals surface area (Å²) in [6.07, 6.45) is 2.30. The molecule has 26 heavy (non-hydrogen) atoms. The maximum Gasteiger partial charge on any atom is 0.308 e. The molecule has 6 nitrogen and oxygen atoms in total. The number of aryl methyl sites for hydroxylation is 1. The molecule has 1 amide bonds. The molecule has 0 saturated heterocycles. The van der Waals surface area contributed by atoms with Crippen molar-refractivity contribution < 1.29 is 23.5 Å². The Morgan fingerprint density at radius 3 is 2.69 bits per heavy atom. The van der Waals surface area contributed by atoms with Gasteiger partial charge < -0.3 is 14.8 Å². The molecule has 1 aromatic heterocycles. The van der Waals surface area contributed by atoms with E-state index in [0.717, 1.165) is 0 Å². The van der Waals surface area contributed by atoms with Gasteiger partial charge in [-0.05, 0) is 24.5 Å². The van der Waals surface area contributed by atoms with Crippen LogP contribution < -0.4 is 5.32 Å². The van der Waals surface area contributed by atoms with Gasteiger partial charge >= 0.3 is 5.97 Å². The van der Waals surface area contributed by atoms with Crippen LogP contribution in [-0.4, -0.2) is 28.5 Å². The molecule has 140 valence electrons. The Hall–Kier alpha value is -2.70. The number of rotatable bonds is 9. The van der Waals surface area contributed by atoms with E-state index in [1.165, 1.54) is 12.3 Å². The third-order valence-electron chi connectivity index (χ3n) is 3.91. The van der Waals surface area contributed by atoms with E-state index >= 15 is 0 Å². The number of carbonyl (C=O) groups excluding carboxylic acids is 1. The molecule has 0 aliphatic carbocycles. The first-order chi connectivity index (χ1) is 12.4. The second-order valence-corrected chi connectivity index (χ2v) is 6.57. The summed E-state index contributed by atoms with van der Waals surface area (Å²) in [6.45, 7) is 3.97. The summed E-state index contributed by atoms with van der Waals surface area (Å²) in [5.41, 5.74) is 0.314. The van der Waals surface area contributed by atoms with Crippen LogP contribution in [0.5, 0.6) is 0 Å². The predicted octanol–water partition coefficient (Wildman–Crippen LogP) is 3.28. The monoisotopic (exact) mass is 362 g/mol. The number of benzene rings is 1. The largest absolute Gasteiger partial charge is 0.481 e. The summed E-state index contributed by atoms with van der Waals surface area (Å²) in [5.74, 6) is -1.33. The summed E-state index contributed by atoms with van der Waals surface area (Å²) >= 11 is 0. The van der Waals surface area contributed by atoms with Crippen molar-refractivity contribution in [2.75, 3.05) is 6.54 Å². The highest BCUT2D eigenvalue weighted by Gasteiger charge is 2.20. The van der Waals surface area contributed by atoms with Gasteiger partial charge in [-0.3, -0.25) is 9.59 Å². The molecule has 2 aromatic rings. The maximum atomic E-state index is 13.7. The zero-order valence-corrected chi connectivity index (χ0v) is 14.9. The van der Waals surface area contributed by atoms with E-state index in [4.69, 9.17) is 9.52 Å². The lowest BCUT2D eigenvalue weighted by molar-refractivity contribution is -0.142. The van der Waals surface area contributed by atoms with Gasteiger partial charge in [0.1, 0.15) is 5.82 Å². The molecular weight excluding hydrogens is 339 g/mol. The zero-order chi connectivity index (χ0) is 19.1. The van der Waals surface area contributed by atoms with Crippen molar-refractivity contribution >= 4 is 11.9 Å². The van der Waals surface area contributed by atoms with E-state index in [9.17, 15) is 14.0 Å². The van der Waals surface area contributed by atoms with Crippen LogP contribution in [0.25, 0.3) is 11.3 Å². The van der Waals surface area contributed by atoms with Gasteiger partial charge in [-0.15, -0.1) is 0 Å². The first-order valence-corrected chi connectivity index (χ1v) is 8.56. The third kappa shape index (κ3) is 5.68. The first kappa shape index (κ1) is 19.6. The van der Waals surface area contributed by atoms with Crippen LogP contribution in [0.3, 0.4) is 0 Å². The van der Waals surface area contributed by atoms with Crippen molar-refractivity contribution in [3.8, 4) is 11.3 Å². The number of nitrogens with zero attached hydrogens (tertiary/aromatic N) is 1. The second kappa shape index (κ2) is 9.12. The highest BCUT2D eigenvalue weighted by atomic mass is 19.1. The SMILES string of the molecule is CC(C)CC(CNC(=O)CCc1ncc(-c2ccccc2F)o1)C(=O)O. The fourth-order valence-electron chi connectivity index (χ4n) is 2.60. The molecule has 0 aliphatic rings. The Morgan fingerprint density at radius 1 is 1.31 bits per heavy atom.